The second-order valence-electron chi connectivity index (χ2n) is 8.59. The summed E-state index contributed by atoms with van der Waals surface area (Å²) in [5.41, 5.74) is 6.15. The molecule has 176 valence electrons. The van der Waals surface area contributed by atoms with E-state index >= 15 is 0 Å². The molecule has 0 unspecified atom stereocenters. The molecule has 3 N–H and O–H groups in total. The third kappa shape index (κ3) is 4.94. The van der Waals surface area contributed by atoms with Gasteiger partial charge in [0.15, 0.2) is 0 Å². The molecule has 0 aromatic heterocycles. The first-order valence-electron chi connectivity index (χ1n) is 11.2. The minimum atomic E-state index is -4.14. The van der Waals surface area contributed by atoms with Crippen LogP contribution in [0.3, 0.4) is 0 Å². The van der Waals surface area contributed by atoms with Crippen molar-refractivity contribution in [1.82, 2.24) is 14.5 Å². The Morgan fingerprint density at radius 2 is 1.88 bits per heavy atom. The molecule has 1 atom stereocenters. The summed E-state index contributed by atoms with van der Waals surface area (Å²) in [5, 5.41) is -0.0310. The van der Waals surface area contributed by atoms with Crippen LogP contribution in [0.1, 0.15) is 32.1 Å². The molecule has 1 aromatic rings. The molecule has 0 radical (unpaired) electrons. The van der Waals surface area contributed by atoms with Gasteiger partial charge in [0.25, 0.3) is 0 Å². The fourth-order valence-electron chi connectivity index (χ4n) is 4.39. The van der Waals surface area contributed by atoms with Gasteiger partial charge in [0, 0.05) is 51.7 Å². The molecule has 2 saturated heterocycles. The van der Waals surface area contributed by atoms with Gasteiger partial charge in [0.05, 0.1) is 10.7 Å². The number of rotatable bonds is 7. The van der Waals surface area contributed by atoms with Gasteiger partial charge in [-0.1, -0.05) is 17.7 Å². The van der Waals surface area contributed by atoms with Crippen molar-refractivity contribution in [3.05, 3.63) is 23.2 Å². The second-order valence-corrected chi connectivity index (χ2v) is 10.7. The SMILES string of the molecule is NC[C@H](NS(=O)(=O)c1cccc(N2CCCCC2=O)c1Cl)C(=O)N1CCN(C2CC2)CC1. The number of hydrogen-bond donors (Lipinski definition) is 2. The van der Waals surface area contributed by atoms with Gasteiger partial charge < -0.3 is 15.5 Å². The first-order valence-corrected chi connectivity index (χ1v) is 13.0. The molecular formula is C21H30ClN5O4S. The van der Waals surface area contributed by atoms with Gasteiger partial charge in [0.1, 0.15) is 10.9 Å². The molecule has 0 bridgehead atoms. The van der Waals surface area contributed by atoms with Crippen molar-refractivity contribution in [2.45, 2.75) is 49.1 Å². The minimum absolute atomic E-state index is 0.0310. The molecular weight excluding hydrogens is 454 g/mol. The zero-order valence-corrected chi connectivity index (χ0v) is 19.6. The van der Waals surface area contributed by atoms with Crippen molar-refractivity contribution in [2.75, 3.05) is 44.2 Å². The number of hydrogen-bond acceptors (Lipinski definition) is 6. The number of nitrogens with zero attached hydrogens (tertiary/aromatic N) is 3. The van der Waals surface area contributed by atoms with E-state index in [1.54, 1.807) is 17.0 Å². The van der Waals surface area contributed by atoms with E-state index in [9.17, 15) is 18.0 Å². The van der Waals surface area contributed by atoms with E-state index in [0.29, 0.717) is 37.8 Å². The molecule has 0 spiro atoms. The van der Waals surface area contributed by atoms with E-state index in [1.807, 2.05) is 0 Å². The summed E-state index contributed by atoms with van der Waals surface area (Å²) in [6.07, 6.45) is 4.46. The quantitative estimate of drug-likeness (QED) is 0.591. The number of piperazine rings is 1. The van der Waals surface area contributed by atoms with Crippen LogP contribution < -0.4 is 15.4 Å². The summed E-state index contributed by atoms with van der Waals surface area (Å²) >= 11 is 6.45. The summed E-state index contributed by atoms with van der Waals surface area (Å²) in [7, 11) is -4.14. The molecule has 2 heterocycles. The molecule has 3 aliphatic rings. The first kappa shape index (κ1) is 23.4. The number of nitrogens with one attached hydrogen (secondary N) is 1. The lowest BCUT2D eigenvalue weighted by Gasteiger charge is -2.36. The molecule has 3 fully saturated rings. The number of sulfonamides is 1. The number of amides is 2. The zero-order chi connectivity index (χ0) is 22.9. The summed E-state index contributed by atoms with van der Waals surface area (Å²) < 4.78 is 28.7. The first-order chi connectivity index (χ1) is 15.3. The molecule has 4 rings (SSSR count). The number of benzene rings is 1. The summed E-state index contributed by atoms with van der Waals surface area (Å²) in [5.74, 6) is -0.411. The van der Waals surface area contributed by atoms with Gasteiger partial charge in [-0.15, -0.1) is 0 Å². The Bertz CT molecular complexity index is 976. The van der Waals surface area contributed by atoms with E-state index in [1.165, 1.54) is 23.8 Å². The Labute approximate surface area is 193 Å². The summed E-state index contributed by atoms with van der Waals surface area (Å²) in [6, 6.07) is 4.11. The molecule has 2 amide bonds. The van der Waals surface area contributed by atoms with Crippen LogP contribution in [-0.2, 0) is 19.6 Å². The fraction of sp³-hybridized carbons (Fsp3) is 0.619. The topological polar surface area (TPSA) is 116 Å². The number of anilines is 1. The van der Waals surface area contributed by atoms with Crippen LogP contribution in [0.4, 0.5) is 5.69 Å². The third-order valence-electron chi connectivity index (χ3n) is 6.37. The monoisotopic (exact) mass is 483 g/mol. The Balaban J connectivity index is 1.48. The Morgan fingerprint density at radius 1 is 1.16 bits per heavy atom. The number of nitrogens with two attached hydrogens (primary N) is 1. The molecule has 11 heteroatoms. The Hall–Kier alpha value is -1.72. The Kier molecular flexibility index (Phi) is 7.06. The van der Waals surface area contributed by atoms with E-state index in [-0.39, 0.29) is 28.3 Å². The lowest BCUT2D eigenvalue weighted by atomic mass is 10.1. The molecule has 2 aliphatic heterocycles. The summed E-state index contributed by atoms with van der Waals surface area (Å²) in [6.45, 7) is 3.02. The highest BCUT2D eigenvalue weighted by Crippen LogP contribution is 2.34. The lowest BCUT2D eigenvalue weighted by molar-refractivity contribution is -0.134. The average molecular weight is 484 g/mol. The van der Waals surface area contributed by atoms with Crippen LogP contribution >= 0.6 is 11.6 Å². The van der Waals surface area contributed by atoms with Crippen molar-refractivity contribution < 1.29 is 18.0 Å². The van der Waals surface area contributed by atoms with Crippen LogP contribution in [0, 0.1) is 0 Å². The molecule has 1 saturated carbocycles. The van der Waals surface area contributed by atoms with Crippen molar-refractivity contribution in [1.29, 1.82) is 0 Å². The largest absolute Gasteiger partial charge is 0.339 e. The number of piperidine rings is 1. The van der Waals surface area contributed by atoms with Gasteiger partial charge in [-0.3, -0.25) is 14.5 Å². The van der Waals surface area contributed by atoms with Gasteiger partial charge >= 0.3 is 0 Å². The van der Waals surface area contributed by atoms with E-state index in [2.05, 4.69) is 9.62 Å². The van der Waals surface area contributed by atoms with Crippen molar-refractivity contribution in [2.24, 2.45) is 5.73 Å². The van der Waals surface area contributed by atoms with Gasteiger partial charge in [-0.05, 0) is 37.8 Å². The second kappa shape index (κ2) is 9.64. The number of carbonyl (C=O) groups excluding carboxylic acids is 2. The highest BCUT2D eigenvalue weighted by Gasteiger charge is 2.35. The van der Waals surface area contributed by atoms with Crippen LogP contribution in [0.15, 0.2) is 23.1 Å². The predicted octanol–water partition coefficient (Wildman–Crippen LogP) is 0.769. The maximum absolute atomic E-state index is 13.1. The van der Waals surface area contributed by atoms with Gasteiger partial charge in [-0.2, -0.15) is 4.72 Å². The lowest BCUT2D eigenvalue weighted by Crippen LogP contribution is -2.57. The predicted molar refractivity (Wildman–Crippen MR) is 122 cm³/mol. The van der Waals surface area contributed by atoms with Crippen molar-refractivity contribution >= 4 is 39.1 Å². The van der Waals surface area contributed by atoms with Crippen LogP contribution in [0.5, 0.6) is 0 Å². The van der Waals surface area contributed by atoms with E-state index in [4.69, 9.17) is 17.3 Å². The maximum Gasteiger partial charge on any atom is 0.242 e. The number of carbonyl (C=O) groups is 2. The number of halogens is 1. The highest BCUT2D eigenvalue weighted by molar-refractivity contribution is 7.89. The van der Waals surface area contributed by atoms with Crippen LogP contribution in [0.25, 0.3) is 0 Å². The molecule has 1 aliphatic carbocycles. The van der Waals surface area contributed by atoms with E-state index < -0.39 is 16.1 Å². The zero-order valence-electron chi connectivity index (χ0n) is 18.0. The van der Waals surface area contributed by atoms with Gasteiger partial charge in [0.2, 0.25) is 21.8 Å². The minimum Gasteiger partial charge on any atom is -0.339 e. The van der Waals surface area contributed by atoms with Crippen molar-refractivity contribution in [3.63, 3.8) is 0 Å². The third-order valence-corrected chi connectivity index (χ3v) is 8.39. The Morgan fingerprint density at radius 3 is 2.50 bits per heavy atom. The molecule has 1 aromatic carbocycles. The van der Waals surface area contributed by atoms with E-state index in [0.717, 1.165) is 25.9 Å². The highest BCUT2D eigenvalue weighted by atomic mass is 35.5. The molecule has 9 nitrogen and oxygen atoms in total. The van der Waals surface area contributed by atoms with Crippen LogP contribution in [-0.4, -0.2) is 81.4 Å². The maximum atomic E-state index is 13.1. The smallest absolute Gasteiger partial charge is 0.242 e. The standard InChI is InChI=1S/C21H30ClN5O4S/c22-20-17(27-9-2-1-6-19(27)28)4-3-5-18(20)32(30,31)24-16(14-23)21(29)26-12-10-25(11-13-26)15-7-8-15/h3-5,15-16,24H,1-2,6-14,23H2/t16-/m0/s1. The fourth-order valence-corrected chi connectivity index (χ4v) is 6.22. The van der Waals surface area contributed by atoms with Crippen molar-refractivity contribution in [3.8, 4) is 0 Å². The average Bonchev–Trinajstić information content (AvgIpc) is 3.63. The van der Waals surface area contributed by atoms with Crippen LogP contribution in [0.2, 0.25) is 5.02 Å². The normalized spacial score (nSPS) is 21.6. The summed E-state index contributed by atoms with van der Waals surface area (Å²) in [4.78, 5) is 30.7. The van der Waals surface area contributed by atoms with Gasteiger partial charge in [-0.25, -0.2) is 8.42 Å². The molecule has 32 heavy (non-hydrogen) atoms.